The summed E-state index contributed by atoms with van der Waals surface area (Å²) in [5.41, 5.74) is 1.99. The van der Waals surface area contributed by atoms with Crippen LogP contribution in [0, 0.1) is 6.92 Å². The van der Waals surface area contributed by atoms with E-state index in [0.29, 0.717) is 18.1 Å². The van der Waals surface area contributed by atoms with E-state index in [9.17, 15) is 0 Å². The summed E-state index contributed by atoms with van der Waals surface area (Å²) in [4.78, 5) is 14.9. The van der Waals surface area contributed by atoms with Crippen LogP contribution < -0.4 is 15.0 Å². The lowest BCUT2D eigenvalue weighted by Crippen LogP contribution is -2.20. The summed E-state index contributed by atoms with van der Waals surface area (Å²) in [7, 11) is 5.37. The van der Waals surface area contributed by atoms with Gasteiger partial charge < -0.3 is 15.0 Å². The van der Waals surface area contributed by atoms with Gasteiger partial charge in [0.25, 0.3) is 0 Å². The van der Waals surface area contributed by atoms with Gasteiger partial charge in [0.05, 0.1) is 19.3 Å². The summed E-state index contributed by atoms with van der Waals surface area (Å²) in [6, 6.07) is 5.98. The van der Waals surface area contributed by atoms with Crippen molar-refractivity contribution in [2.45, 2.75) is 13.5 Å². The van der Waals surface area contributed by atoms with Crippen LogP contribution in [-0.2, 0) is 6.54 Å². The van der Waals surface area contributed by atoms with Crippen molar-refractivity contribution in [3.63, 3.8) is 0 Å². The minimum Gasteiger partial charge on any atom is -0.490 e. The SMILES string of the molecule is CNc1ncnc(N(C)Cc2cccc(C)n2)c1OC. The van der Waals surface area contributed by atoms with Crippen LogP contribution in [0.15, 0.2) is 24.5 Å². The van der Waals surface area contributed by atoms with Gasteiger partial charge in [-0.2, -0.15) is 0 Å². The number of aromatic nitrogens is 3. The first-order valence-electron chi connectivity index (χ1n) is 6.36. The van der Waals surface area contributed by atoms with Gasteiger partial charge in [0, 0.05) is 19.8 Å². The second-order valence-corrected chi connectivity index (χ2v) is 4.46. The van der Waals surface area contributed by atoms with E-state index in [0.717, 1.165) is 17.2 Å². The lowest BCUT2D eigenvalue weighted by molar-refractivity contribution is 0.413. The molecular formula is C14H19N5O. The Bertz CT molecular complexity index is 588. The van der Waals surface area contributed by atoms with E-state index >= 15 is 0 Å². The monoisotopic (exact) mass is 273 g/mol. The predicted octanol–water partition coefficient (Wildman–Crippen LogP) is 1.87. The fourth-order valence-corrected chi connectivity index (χ4v) is 2.01. The zero-order valence-electron chi connectivity index (χ0n) is 12.2. The standard InChI is InChI=1S/C14H19N5O/c1-10-6-5-7-11(18-10)8-19(3)14-12(20-4)13(15-2)16-9-17-14/h5-7,9H,8H2,1-4H3,(H,15,16,17). The molecule has 2 aromatic heterocycles. The van der Waals surface area contributed by atoms with E-state index in [1.54, 1.807) is 14.2 Å². The highest BCUT2D eigenvalue weighted by molar-refractivity contribution is 5.64. The highest BCUT2D eigenvalue weighted by Gasteiger charge is 2.15. The number of hydrogen-bond donors (Lipinski definition) is 1. The average molecular weight is 273 g/mol. The zero-order valence-corrected chi connectivity index (χ0v) is 12.2. The molecule has 20 heavy (non-hydrogen) atoms. The van der Waals surface area contributed by atoms with Crippen molar-refractivity contribution in [3.05, 3.63) is 35.9 Å². The molecule has 0 saturated heterocycles. The van der Waals surface area contributed by atoms with Crippen LogP contribution >= 0.6 is 0 Å². The van der Waals surface area contributed by atoms with E-state index in [1.807, 2.05) is 37.1 Å². The van der Waals surface area contributed by atoms with Crippen LogP contribution in [0.25, 0.3) is 0 Å². The number of hydrogen-bond acceptors (Lipinski definition) is 6. The summed E-state index contributed by atoms with van der Waals surface area (Å²) in [6.45, 7) is 2.63. The van der Waals surface area contributed by atoms with E-state index < -0.39 is 0 Å². The van der Waals surface area contributed by atoms with Gasteiger partial charge in [0.2, 0.25) is 5.75 Å². The molecule has 0 bridgehead atoms. The number of nitrogens with zero attached hydrogens (tertiary/aromatic N) is 4. The van der Waals surface area contributed by atoms with E-state index in [-0.39, 0.29) is 0 Å². The third kappa shape index (κ3) is 2.96. The van der Waals surface area contributed by atoms with Crippen molar-refractivity contribution < 1.29 is 4.74 Å². The molecule has 2 rings (SSSR count). The van der Waals surface area contributed by atoms with Gasteiger partial charge in [-0.3, -0.25) is 4.98 Å². The van der Waals surface area contributed by atoms with Gasteiger partial charge in [-0.1, -0.05) is 6.07 Å². The molecule has 0 radical (unpaired) electrons. The molecule has 0 aromatic carbocycles. The van der Waals surface area contributed by atoms with Crippen molar-refractivity contribution in [3.8, 4) is 5.75 Å². The van der Waals surface area contributed by atoms with Crippen LogP contribution in [0.3, 0.4) is 0 Å². The predicted molar refractivity (Wildman–Crippen MR) is 79.2 cm³/mol. The smallest absolute Gasteiger partial charge is 0.204 e. The molecule has 6 nitrogen and oxygen atoms in total. The van der Waals surface area contributed by atoms with Crippen molar-refractivity contribution in [1.29, 1.82) is 0 Å². The lowest BCUT2D eigenvalue weighted by Gasteiger charge is -2.21. The largest absolute Gasteiger partial charge is 0.490 e. The van der Waals surface area contributed by atoms with Crippen molar-refractivity contribution >= 4 is 11.6 Å². The highest BCUT2D eigenvalue weighted by Crippen LogP contribution is 2.31. The highest BCUT2D eigenvalue weighted by atomic mass is 16.5. The van der Waals surface area contributed by atoms with Crippen LogP contribution in [0.2, 0.25) is 0 Å². The molecule has 6 heteroatoms. The second kappa shape index (κ2) is 6.18. The maximum absolute atomic E-state index is 5.40. The molecule has 0 fully saturated rings. The Morgan fingerprint density at radius 1 is 1.30 bits per heavy atom. The molecule has 0 spiro atoms. The third-order valence-corrected chi connectivity index (χ3v) is 2.93. The van der Waals surface area contributed by atoms with Crippen molar-refractivity contribution in [2.75, 3.05) is 31.4 Å². The van der Waals surface area contributed by atoms with Crippen LogP contribution in [0.4, 0.5) is 11.6 Å². The molecule has 0 amide bonds. The maximum Gasteiger partial charge on any atom is 0.204 e. The van der Waals surface area contributed by atoms with Crippen molar-refractivity contribution in [1.82, 2.24) is 15.0 Å². The fourth-order valence-electron chi connectivity index (χ4n) is 2.01. The fraction of sp³-hybridized carbons (Fsp3) is 0.357. The van der Waals surface area contributed by atoms with Crippen molar-refractivity contribution in [2.24, 2.45) is 0 Å². The van der Waals surface area contributed by atoms with Gasteiger partial charge in [0.1, 0.15) is 6.33 Å². The first-order chi connectivity index (χ1) is 9.65. The van der Waals surface area contributed by atoms with E-state index in [1.165, 1.54) is 6.33 Å². The Labute approximate surface area is 118 Å². The number of ether oxygens (including phenoxy) is 1. The van der Waals surface area contributed by atoms with Gasteiger partial charge in [-0.25, -0.2) is 9.97 Å². The van der Waals surface area contributed by atoms with Gasteiger partial charge in [-0.15, -0.1) is 0 Å². The Morgan fingerprint density at radius 2 is 2.10 bits per heavy atom. The Morgan fingerprint density at radius 3 is 2.75 bits per heavy atom. The minimum absolute atomic E-state index is 0.630. The number of rotatable bonds is 5. The number of methoxy groups -OCH3 is 1. The maximum atomic E-state index is 5.40. The van der Waals surface area contributed by atoms with Gasteiger partial charge >= 0.3 is 0 Å². The van der Waals surface area contributed by atoms with Crippen LogP contribution in [-0.4, -0.2) is 36.2 Å². The topological polar surface area (TPSA) is 63.2 Å². The second-order valence-electron chi connectivity index (χ2n) is 4.46. The molecule has 0 aliphatic carbocycles. The molecule has 2 aromatic rings. The number of aryl methyl sites for hydroxylation is 1. The molecular weight excluding hydrogens is 254 g/mol. The summed E-state index contributed by atoms with van der Waals surface area (Å²) in [6.07, 6.45) is 1.52. The molecule has 0 atom stereocenters. The van der Waals surface area contributed by atoms with Crippen LogP contribution in [0.5, 0.6) is 5.75 Å². The van der Waals surface area contributed by atoms with Crippen LogP contribution in [0.1, 0.15) is 11.4 Å². The first kappa shape index (κ1) is 14.0. The lowest BCUT2D eigenvalue weighted by atomic mass is 10.3. The number of pyridine rings is 1. The van der Waals surface area contributed by atoms with E-state index in [2.05, 4.69) is 20.3 Å². The molecule has 0 saturated carbocycles. The normalized spacial score (nSPS) is 10.2. The van der Waals surface area contributed by atoms with Gasteiger partial charge in [0.15, 0.2) is 11.6 Å². The summed E-state index contributed by atoms with van der Waals surface area (Å²) in [5, 5.41) is 3.00. The molecule has 1 N–H and O–H groups in total. The molecule has 2 heterocycles. The Kier molecular flexibility index (Phi) is 4.34. The van der Waals surface area contributed by atoms with Gasteiger partial charge in [-0.05, 0) is 19.1 Å². The summed E-state index contributed by atoms with van der Waals surface area (Å²) >= 11 is 0. The summed E-state index contributed by atoms with van der Waals surface area (Å²) in [5.74, 6) is 2.03. The minimum atomic E-state index is 0.630. The Balaban J connectivity index is 2.27. The molecule has 0 aliphatic heterocycles. The third-order valence-electron chi connectivity index (χ3n) is 2.93. The average Bonchev–Trinajstić information content (AvgIpc) is 2.46. The molecule has 0 unspecified atom stereocenters. The number of anilines is 2. The zero-order chi connectivity index (χ0) is 14.5. The Hall–Kier alpha value is -2.37. The quantitative estimate of drug-likeness (QED) is 0.897. The summed E-state index contributed by atoms with van der Waals surface area (Å²) < 4.78 is 5.40. The molecule has 106 valence electrons. The first-order valence-corrected chi connectivity index (χ1v) is 6.36. The number of nitrogens with one attached hydrogen (secondary N) is 1. The van der Waals surface area contributed by atoms with E-state index in [4.69, 9.17) is 4.74 Å². The molecule has 0 aliphatic rings.